The lowest BCUT2D eigenvalue weighted by Gasteiger charge is -2.13. The number of pyridine rings is 1. The van der Waals surface area contributed by atoms with E-state index in [1.54, 1.807) is 12.3 Å². The fourth-order valence-corrected chi connectivity index (χ4v) is 2.04. The molecule has 0 aliphatic heterocycles. The second kappa shape index (κ2) is 5.59. The molecule has 0 aliphatic rings. The summed E-state index contributed by atoms with van der Waals surface area (Å²) < 4.78 is 14.1. The first-order valence-corrected chi connectivity index (χ1v) is 6.41. The van der Waals surface area contributed by atoms with E-state index in [0.29, 0.717) is 4.47 Å². The number of hydrogen-bond acceptors (Lipinski definition) is 2. The second-order valence-corrected chi connectivity index (χ2v) is 5.22. The van der Waals surface area contributed by atoms with Crippen molar-refractivity contribution in [1.29, 1.82) is 0 Å². The van der Waals surface area contributed by atoms with Crippen LogP contribution in [0.2, 0.25) is 0 Å². The van der Waals surface area contributed by atoms with Crippen molar-refractivity contribution in [2.75, 3.05) is 14.1 Å². The van der Waals surface area contributed by atoms with Gasteiger partial charge < -0.3 is 4.90 Å². The zero-order valence-electron chi connectivity index (χ0n) is 10.3. The van der Waals surface area contributed by atoms with Crippen LogP contribution in [-0.2, 0) is 6.54 Å². The predicted molar refractivity (Wildman–Crippen MR) is 74.7 cm³/mol. The minimum Gasteiger partial charge on any atom is -0.304 e. The van der Waals surface area contributed by atoms with Gasteiger partial charge >= 0.3 is 0 Å². The van der Waals surface area contributed by atoms with E-state index in [1.165, 1.54) is 6.07 Å². The first-order valence-electron chi connectivity index (χ1n) is 5.62. The third-order valence-electron chi connectivity index (χ3n) is 2.59. The molecule has 18 heavy (non-hydrogen) atoms. The summed E-state index contributed by atoms with van der Waals surface area (Å²) in [5, 5.41) is 0. The Morgan fingerprint density at radius 3 is 2.72 bits per heavy atom. The van der Waals surface area contributed by atoms with Gasteiger partial charge in [-0.2, -0.15) is 0 Å². The van der Waals surface area contributed by atoms with Crippen LogP contribution in [0.15, 0.2) is 41.0 Å². The van der Waals surface area contributed by atoms with Gasteiger partial charge in [-0.15, -0.1) is 0 Å². The molecule has 1 aromatic carbocycles. The fraction of sp³-hybridized carbons (Fsp3) is 0.214. The lowest BCUT2D eigenvalue weighted by atomic mass is 10.0. The topological polar surface area (TPSA) is 16.1 Å². The summed E-state index contributed by atoms with van der Waals surface area (Å²) in [6.45, 7) is 0.730. The maximum Gasteiger partial charge on any atom is 0.137 e. The Balaban J connectivity index is 2.46. The molecule has 0 N–H and O–H groups in total. The van der Waals surface area contributed by atoms with Crippen molar-refractivity contribution in [3.05, 3.63) is 52.5 Å². The molecule has 0 saturated carbocycles. The van der Waals surface area contributed by atoms with Gasteiger partial charge in [0.15, 0.2) is 0 Å². The van der Waals surface area contributed by atoms with Crippen LogP contribution in [0.4, 0.5) is 4.39 Å². The van der Waals surface area contributed by atoms with Gasteiger partial charge in [0.05, 0.1) is 10.2 Å². The maximum absolute atomic E-state index is 13.6. The molecule has 0 amide bonds. The molecule has 0 saturated heterocycles. The molecule has 4 heteroatoms. The van der Waals surface area contributed by atoms with E-state index >= 15 is 0 Å². The molecule has 0 atom stereocenters. The molecule has 1 heterocycles. The summed E-state index contributed by atoms with van der Waals surface area (Å²) in [4.78, 5) is 6.41. The molecule has 2 rings (SSSR count). The highest BCUT2D eigenvalue weighted by Crippen LogP contribution is 2.26. The third kappa shape index (κ3) is 2.94. The van der Waals surface area contributed by atoms with E-state index in [-0.39, 0.29) is 5.82 Å². The van der Waals surface area contributed by atoms with E-state index in [0.717, 1.165) is 23.4 Å². The van der Waals surface area contributed by atoms with Gasteiger partial charge in [-0.1, -0.05) is 12.1 Å². The Kier molecular flexibility index (Phi) is 4.09. The molecule has 1 aromatic heterocycles. The van der Waals surface area contributed by atoms with Gasteiger partial charge in [-0.25, -0.2) is 4.39 Å². The minimum atomic E-state index is -0.257. The van der Waals surface area contributed by atoms with Crippen LogP contribution in [0.25, 0.3) is 11.1 Å². The maximum atomic E-state index is 13.6. The Morgan fingerprint density at radius 2 is 2.06 bits per heavy atom. The number of hydrogen-bond donors (Lipinski definition) is 0. The number of rotatable bonds is 3. The van der Waals surface area contributed by atoms with Crippen molar-refractivity contribution in [3.63, 3.8) is 0 Å². The standard InChI is InChI=1S/C14H14BrFN2/c1-18(2)9-14-11(4-3-7-17-14)10-5-6-12(15)13(16)8-10/h3-8H,9H2,1-2H3. The highest BCUT2D eigenvalue weighted by molar-refractivity contribution is 9.10. The van der Waals surface area contributed by atoms with Gasteiger partial charge in [0.25, 0.3) is 0 Å². The van der Waals surface area contributed by atoms with Gasteiger partial charge in [0.1, 0.15) is 5.82 Å². The quantitative estimate of drug-likeness (QED) is 0.859. The summed E-state index contributed by atoms with van der Waals surface area (Å²) in [6, 6.07) is 8.98. The predicted octanol–water partition coefficient (Wildman–Crippen LogP) is 3.71. The van der Waals surface area contributed by atoms with E-state index in [9.17, 15) is 4.39 Å². The molecule has 0 aliphatic carbocycles. The first-order chi connectivity index (χ1) is 8.58. The van der Waals surface area contributed by atoms with Crippen molar-refractivity contribution in [2.45, 2.75) is 6.54 Å². The van der Waals surface area contributed by atoms with Gasteiger partial charge in [-0.3, -0.25) is 4.98 Å². The minimum absolute atomic E-state index is 0.257. The second-order valence-electron chi connectivity index (χ2n) is 4.36. The van der Waals surface area contributed by atoms with Crippen LogP contribution in [0.5, 0.6) is 0 Å². The molecule has 0 radical (unpaired) electrons. The van der Waals surface area contributed by atoms with Gasteiger partial charge in [-0.05, 0) is 53.8 Å². The average molecular weight is 309 g/mol. The van der Waals surface area contributed by atoms with Crippen molar-refractivity contribution in [3.8, 4) is 11.1 Å². The summed E-state index contributed by atoms with van der Waals surface area (Å²) in [5.41, 5.74) is 2.77. The van der Waals surface area contributed by atoms with Crippen molar-refractivity contribution in [1.82, 2.24) is 9.88 Å². The molecule has 0 unspecified atom stereocenters. The van der Waals surface area contributed by atoms with Crippen molar-refractivity contribution >= 4 is 15.9 Å². The Morgan fingerprint density at radius 1 is 1.28 bits per heavy atom. The van der Waals surface area contributed by atoms with Gasteiger partial charge in [0, 0.05) is 18.3 Å². The lowest BCUT2D eigenvalue weighted by Crippen LogP contribution is -2.12. The summed E-state index contributed by atoms with van der Waals surface area (Å²) in [7, 11) is 3.97. The zero-order valence-corrected chi connectivity index (χ0v) is 11.9. The number of nitrogens with zero attached hydrogens (tertiary/aromatic N) is 2. The van der Waals surface area contributed by atoms with Crippen molar-refractivity contribution < 1.29 is 4.39 Å². The monoisotopic (exact) mass is 308 g/mol. The van der Waals surface area contributed by atoms with Crippen molar-refractivity contribution in [2.24, 2.45) is 0 Å². The highest BCUT2D eigenvalue weighted by atomic mass is 79.9. The Hall–Kier alpha value is -1.26. The molecule has 0 bridgehead atoms. The smallest absolute Gasteiger partial charge is 0.137 e. The molecule has 2 nitrogen and oxygen atoms in total. The summed E-state index contributed by atoms with van der Waals surface area (Å²) >= 11 is 3.16. The van der Waals surface area contributed by atoms with Crippen LogP contribution in [0, 0.1) is 5.82 Å². The van der Waals surface area contributed by atoms with E-state index in [4.69, 9.17) is 0 Å². The SMILES string of the molecule is CN(C)Cc1ncccc1-c1ccc(Br)c(F)c1. The first kappa shape index (κ1) is 13.2. The largest absolute Gasteiger partial charge is 0.304 e. The zero-order chi connectivity index (χ0) is 13.1. The van der Waals surface area contributed by atoms with Crippen LogP contribution >= 0.6 is 15.9 Å². The van der Waals surface area contributed by atoms with Gasteiger partial charge in [0.2, 0.25) is 0 Å². The number of aromatic nitrogens is 1. The van der Waals surface area contributed by atoms with Crippen LogP contribution < -0.4 is 0 Å². The van der Waals surface area contributed by atoms with Crippen LogP contribution in [0.3, 0.4) is 0 Å². The Labute approximate surface area is 115 Å². The third-order valence-corrected chi connectivity index (χ3v) is 3.23. The fourth-order valence-electron chi connectivity index (χ4n) is 1.79. The normalized spacial score (nSPS) is 10.9. The van der Waals surface area contributed by atoms with Crippen LogP contribution in [-0.4, -0.2) is 24.0 Å². The van der Waals surface area contributed by atoms with E-state index < -0.39 is 0 Å². The molecule has 0 spiro atoms. The molecule has 94 valence electrons. The lowest BCUT2D eigenvalue weighted by molar-refractivity contribution is 0.397. The van der Waals surface area contributed by atoms with E-state index in [2.05, 4.69) is 20.9 Å². The molecular formula is C14H14BrFN2. The van der Waals surface area contributed by atoms with E-state index in [1.807, 2.05) is 37.2 Å². The summed E-state index contributed by atoms with van der Waals surface area (Å²) in [6.07, 6.45) is 1.76. The Bertz CT molecular complexity index is 555. The average Bonchev–Trinajstić information content (AvgIpc) is 2.33. The van der Waals surface area contributed by atoms with Crippen LogP contribution in [0.1, 0.15) is 5.69 Å². The number of benzene rings is 1. The molecule has 2 aromatic rings. The summed E-state index contributed by atoms with van der Waals surface area (Å²) in [5.74, 6) is -0.257. The molecular weight excluding hydrogens is 295 g/mol. The highest BCUT2D eigenvalue weighted by Gasteiger charge is 2.09. The molecule has 0 fully saturated rings. The number of halogens is 2.